The van der Waals surface area contributed by atoms with Gasteiger partial charge in [-0.15, -0.1) is 11.3 Å². The SMILES string of the molecule is O=C(NCC1CCN(Cc2cccs2)CC1)c1cc(=O)c2ccccc2o1. The molecule has 1 aliphatic heterocycles. The van der Waals surface area contributed by atoms with Crippen LogP contribution in [-0.2, 0) is 6.54 Å². The third-order valence-corrected chi connectivity index (χ3v) is 5.94. The van der Waals surface area contributed by atoms with Crippen LogP contribution in [0, 0.1) is 5.92 Å². The first kappa shape index (κ1) is 17.9. The van der Waals surface area contributed by atoms with Crippen LogP contribution < -0.4 is 10.7 Å². The van der Waals surface area contributed by atoms with Crippen molar-refractivity contribution in [3.8, 4) is 0 Å². The van der Waals surface area contributed by atoms with Crippen LogP contribution in [0.2, 0.25) is 0 Å². The minimum absolute atomic E-state index is 0.0776. The number of thiophene rings is 1. The van der Waals surface area contributed by atoms with E-state index in [1.165, 1.54) is 10.9 Å². The fraction of sp³-hybridized carbons (Fsp3) is 0.333. The monoisotopic (exact) mass is 382 g/mol. The number of carbonyl (C=O) groups excluding carboxylic acids is 1. The molecule has 27 heavy (non-hydrogen) atoms. The van der Waals surface area contributed by atoms with Gasteiger partial charge in [-0.2, -0.15) is 0 Å². The Morgan fingerprint density at radius 3 is 2.78 bits per heavy atom. The van der Waals surface area contributed by atoms with Crippen molar-refractivity contribution >= 4 is 28.2 Å². The Labute approximate surface area is 161 Å². The highest BCUT2D eigenvalue weighted by molar-refractivity contribution is 7.09. The van der Waals surface area contributed by atoms with E-state index in [0.717, 1.165) is 32.5 Å². The van der Waals surface area contributed by atoms with Crippen molar-refractivity contribution < 1.29 is 9.21 Å². The maximum absolute atomic E-state index is 12.4. The van der Waals surface area contributed by atoms with Crippen molar-refractivity contribution in [2.24, 2.45) is 5.92 Å². The Kier molecular flexibility index (Phi) is 5.36. The summed E-state index contributed by atoms with van der Waals surface area (Å²) in [5.41, 5.74) is 0.251. The molecular weight excluding hydrogens is 360 g/mol. The Balaban J connectivity index is 1.30. The predicted molar refractivity (Wildman–Crippen MR) is 107 cm³/mol. The lowest BCUT2D eigenvalue weighted by molar-refractivity contribution is 0.0908. The molecule has 1 aromatic carbocycles. The van der Waals surface area contributed by atoms with E-state index in [2.05, 4.69) is 27.7 Å². The van der Waals surface area contributed by atoms with Crippen LogP contribution in [-0.4, -0.2) is 30.4 Å². The van der Waals surface area contributed by atoms with Gasteiger partial charge >= 0.3 is 0 Å². The van der Waals surface area contributed by atoms with Crippen molar-refractivity contribution in [1.82, 2.24) is 10.2 Å². The summed E-state index contributed by atoms with van der Waals surface area (Å²) in [4.78, 5) is 28.4. The molecule has 6 heteroatoms. The molecule has 2 aromatic heterocycles. The zero-order valence-electron chi connectivity index (χ0n) is 15.0. The summed E-state index contributed by atoms with van der Waals surface area (Å²) in [5, 5.41) is 5.54. The lowest BCUT2D eigenvalue weighted by atomic mass is 9.96. The summed E-state index contributed by atoms with van der Waals surface area (Å²) in [5.74, 6) is 0.216. The van der Waals surface area contributed by atoms with Crippen LogP contribution in [0.15, 0.2) is 57.1 Å². The quantitative estimate of drug-likeness (QED) is 0.734. The van der Waals surface area contributed by atoms with E-state index in [1.54, 1.807) is 35.6 Å². The van der Waals surface area contributed by atoms with E-state index in [9.17, 15) is 9.59 Å². The number of hydrogen-bond donors (Lipinski definition) is 1. The third kappa shape index (κ3) is 4.28. The molecule has 0 aliphatic carbocycles. The normalized spacial score (nSPS) is 15.9. The van der Waals surface area contributed by atoms with Gasteiger partial charge in [-0.1, -0.05) is 18.2 Å². The second kappa shape index (κ2) is 8.06. The number of benzene rings is 1. The molecule has 3 aromatic rings. The maximum atomic E-state index is 12.4. The molecule has 0 atom stereocenters. The fourth-order valence-corrected chi connectivity index (χ4v) is 4.26. The molecule has 140 valence electrons. The van der Waals surface area contributed by atoms with Gasteiger partial charge in [0.25, 0.3) is 5.91 Å². The summed E-state index contributed by atoms with van der Waals surface area (Å²) in [6, 6.07) is 12.5. The van der Waals surface area contributed by atoms with E-state index in [4.69, 9.17) is 4.42 Å². The van der Waals surface area contributed by atoms with Gasteiger partial charge in [0.15, 0.2) is 11.2 Å². The van der Waals surface area contributed by atoms with Crippen LogP contribution in [0.25, 0.3) is 11.0 Å². The number of para-hydroxylation sites is 1. The van der Waals surface area contributed by atoms with Crippen LogP contribution in [0.1, 0.15) is 28.3 Å². The number of carbonyl (C=O) groups is 1. The molecule has 5 nitrogen and oxygen atoms in total. The van der Waals surface area contributed by atoms with Gasteiger partial charge in [0.1, 0.15) is 5.58 Å². The first-order valence-corrected chi connectivity index (χ1v) is 10.1. The number of likely N-dealkylation sites (tertiary alicyclic amines) is 1. The Morgan fingerprint density at radius 2 is 2.00 bits per heavy atom. The Hall–Kier alpha value is -2.44. The third-order valence-electron chi connectivity index (χ3n) is 5.08. The Bertz CT molecular complexity index is 973. The van der Waals surface area contributed by atoms with Crippen LogP contribution in [0.5, 0.6) is 0 Å². The molecule has 4 rings (SSSR count). The minimum Gasteiger partial charge on any atom is -0.451 e. The molecule has 0 unspecified atom stereocenters. The topological polar surface area (TPSA) is 62.6 Å². The van der Waals surface area contributed by atoms with E-state index in [-0.39, 0.29) is 17.1 Å². The van der Waals surface area contributed by atoms with E-state index in [0.29, 0.717) is 23.4 Å². The highest BCUT2D eigenvalue weighted by Gasteiger charge is 2.21. The molecule has 0 spiro atoms. The van der Waals surface area contributed by atoms with Crippen molar-refractivity contribution in [2.45, 2.75) is 19.4 Å². The zero-order chi connectivity index (χ0) is 18.6. The van der Waals surface area contributed by atoms with E-state index < -0.39 is 0 Å². The second-order valence-electron chi connectivity index (χ2n) is 6.98. The zero-order valence-corrected chi connectivity index (χ0v) is 15.8. The van der Waals surface area contributed by atoms with Crippen LogP contribution in [0.3, 0.4) is 0 Å². The molecule has 1 saturated heterocycles. The van der Waals surface area contributed by atoms with Gasteiger partial charge in [-0.25, -0.2) is 0 Å². The number of amides is 1. The molecule has 0 radical (unpaired) electrons. The highest BCUT2D eigenvalue weighted by atomic mass is 32.1. The smallest absolute Gasteiger partial charge is 0.287 e. The van der Waals surface area contributed by atoms with Crippen molar-refractivity contribution in [3.63, 3.8) is 0 Å². The van der Waals surface area contributed by atoms with Crippen LogP contribution >= 0.6 is 11.3 Å². The number of hydrogen-bond acceptors (Lipinski definition) is 5. The lowest BCUT2D eigenvalue weighted by Gasteiger charge is -2.31. The number of fused-ring (bicyclic) bond motifs is 1. The second-order valence-corrected chi connectivity index (χ2v) is 8.01. The standard InChI is InChI=1S/C21H22N2O3S/c24-18-12-20(26-19-6-2-1-5-17(18)19)21(25)22-13-15-7-9-23(10-8-15)14-16-4-3-11-27-16/h1-6,11-12,15H,7-10,13-14H2,(H,22,25). The van der Waals surface area contributed by atoms with Gasteiger partial charge in [0.2, 0.25) is 0 Å². The van der Waals surface area contributed by atoms with E-state index >= 15 is 0 Å². The van der Waals surface area contributed by atoms with E-state index in [1.807, 2.05) is 0 Å². The van der Waals surface area contributed by atoms with Gasteiger partial charge in [-0.3, -0.25) is 14.5 Å². The molecular formula is C21H22N2O3S. The molecule has 0 bridgehead atoms. The van der Waals surface area contributed by atoms with Crippen molar-refractivity contribution in [3.05, 3.63) is 68.7 Å². The molecule has 1 fully saturated rings. The number of rotatable bonds is 5. The maximum Gasteiger partial charge on any atom is 0.287 e. The highest BCUT2D eigenvalue weighted by Crippen LogP contribution is 2.20. The van der Waals surface area contributed by atoms with Crippen molar-refractivity contribution in [2.75, 3.05) is 19.6 Å². The van der Waals surface area contributed by atoms with Gasteiger partial charge in [-0.05, 0) is 55.4 Å². The van der Waals surface area contributed by atoms with Crippen LogP contribution in [0.4, 0.5) is 0 Å². The number of nitrogens with zero attached hydrogens (tertiary/aromatic N) is 1. The van der Waals surface area contributed by atoms with Gasteiger partial charge < -0.3 is 9.73 Å². The van der Waals surface area contributed by atoms with Gasteiger partial charge in [0.05, 0.1) is 5.39 Å². The predicted octanol–water partition coefficient (Wildman–Crippen LogP) is 3.50. The molecule has 1 aliphatic rings. The summed E-state index contributed by atoms with van der Waals surface area (Å²) in [6.07, 6.45) is 2.13. The van der Waals surface area contributed by atoms with Gasteiger partial charge in [0, 0.05) is 24.0 Å². The molecule has 1 N–H and O–H groups in total. The first-order chi connectivity index (χ1) is 13.2. The van der Waals surface area contributed by atoms with Crippen molar-refractivity contribution in [1.29, 1.82) is 0 Å². The summed E-state index contributed by atoms with van der Waals surface area (Å²) in [6.45, 7) is 3.72. The average Bonchev–Trinajstić information content (AvgIpc) is 3.20. The largest absolute Gasteiger partial charge is 0.451 e. The summed E-state index contributed by atoms with van der Waals surface area (Å²) in [7, 11) is 0. The average molecular weight is 382 g/mol. The molecule has 3 heterocycles. The number of nitrogens with one attached hydrogen (secondary N) is 1. The molecule has 1 amide bonds. The summed E-state index contributed by atoms with van der Waals surface area (Å²) >= 11 is 1.80. The lowest BCUT2D eigenvalue weighted by Crippen LogP contribution is -2.38. The first-order valence-electron chi connectivity index (χ1n) is 9.25. The minimum atomic E-state index is -0.320. The fourth-order valence-electron chi connectivity index (χ4n) is 3.51. The Morgan fingerprint density at radius 1 is 1.19 bits per heavy atom. The molecule has 0 saturated carbocycles. The number of piperidine rings is 1. The summed E-state index contributed by atoms with van der Waals surface area (Å²) < 4.78 is 5.60.